The zero-order valence-electron chi connectivity index (χ0n) is 7.04. The number of hydrogen-bond acceptors (Lipinski definition) is 3. The van der Waals surface area contributed by atoms with Crippen molar-refractivity contribution in [3.63, 3.8) is 0 Å². The first-order valence-electron chi connectivity index (χ1n) is 4.02. The minimum atomic E-state index is 0.237. The van der Waals surface area contributed by atoms with Gasteiger partial charge in [0.15, 0.2) is 0 Å². The van der Waals surface area contributed by atoms with Gasteiger partial charge in [0.1, 0.15) is 0 Å². The second-order valence-electron chi connectivity index (χ2n) is 3.36. The quantitative estimate of drug-likeness (QED) is 0.720. The van der Waals surface area contributed by atoms with Gasteiger partial charge in [-0.2, -0.15) is 12.6 Å². The van der Waals surface area contributed by atoms with Gasteiger partial charge in [-0.15, -0.1) is 11.3 Å². The van der Waals surface area contributed by atoms with E-state index in [-0.39, 0.29) is 5.41 Å². The predicted molar refractivity (Wildman–Crippen MR) is 55.4 cm³/mol. The molecular weight excluding hydrogens is 188 g/mol. The summed E-state index contributed by atoms with van der Waals surface area (Å²) in [5, 5.41) is 2.15. The highest BCUT2D eigenvalue weighted by Gasteiger charge is 2.40. The van der Waals surface area contributed by atoms with Gasteiger partial charge in [0, 0.05) is 10.6 Å². The minimum absolute atomic E-state index is 0.237. The smallest absolute Gasteiger partial charge is 0.0604 e. The molecule has 0 amide bonds. The summed E-state index contributed by atoms with van der Waals surface area (Å²) in [6, 6.07) is 2.17. The maximum absolute atomic E-state index is 5.27. The van der Waals surface area contributed by atoms with Crippen LogP contribution in [0, 0.1) is 6.92 Å². The Hall–Kier alpha value is 0.01000. The van der Waals surface area contributed by atoms with Crippen LogP contribution in [0.2, 0.25) is 0 Å². The number of thiol groups is 1. The van der Waals surface area contributed by atoms with Crippen LogP contribution in [0.3, 0.4) is 0 Å². The molecule has 3 heteroatoms. The zero-order chi connectivity index (χ0) is 8.60. The van der Waals surface area contributed by atoms with Crippen LogP contribution in [0.15, 0.2) is 11.4 Å². The molecule has 12 heavy (non-hydrogen) atoms. The summed E-state index contributed by atoms with van der Waals surface area (Å²) in [5.74, 6) is 0.897. The van der Waals surface area contributed by atoms with E-state index in [1.165, 1.54) is 10.4 Å². The van der Waals surface area contributed by atoms with Gasteiger partial charge < -0.3 is 4.74 Å². The van der Waals surface area contributed by atoms with Crippen molar-refractivity contribution in [1.29, 1.82) is 0 Å². The van der Waals surface area contributed by atoms with E-state index in [0.29, 0.717) is 0 Å². The van der Waals surface area contributed by atoms with E-state index < -0.39 is 0 Å². The summed E-state index contributed by atoms with van der Waals surface area (Å²) in [4.78, 5) is 1.46. The van der Waals surface area contributed by atoms with Gasteiger partial charge in [-0.1, -0.05) is 0 Å². The summed E-state index contributed by atoms with van der Waals surface area (Å²) >= 11 is 6.22. The second kappa shape index (κ2) is 3.05. The van der Waals surface area contributed by atoms with Crippen LogP contribution in [0.25, 0.3) is 0 Å². The van der Waals surface area contributed by atoms with E-state index in [0.717, 1.165) is 19.0 Å². The number of rotatable bonds is 2. The Kier molecular flexibility index (Phi) is 2.19. The third kappa shape index (κ3) is 1.11. The molecule has 0 spiro atoms. The molecule has 1 nitrogen and oxygen atoms in total. The summed E-state index contributed by atoms with van der Waals surface area (Å²) in [6.07, 6.45) is 0. The van der Waals surface area contributed by atoms with Gasteiger partial charge in [-0.25, -0.2) is 0 Å². The minimum Gasteiger partial charge on any atom is -0.379 e. The molecule has 1 aromatic rings. The number of hydrogen-bond donors (Lipinski definition) is 1. The second-order valence-corrected chi connectivity index (χ2v) is 4.60. The van der Waals surface area contributed by atoms with Crippen molar-refractivity contribution >= 4 is 24.0 Å². The Morgan fingerprint density at radius 3 is 2.75 bits per heavy atom. The van der Waals surface area contributed by atoms with Gasteiger partial charge in [0.25, 0.3) is 0 Å². The molecule has 2 heterocycles. The monoisotopic (exact) mass is 200 g/mol. The first kappa shape index (κ1) is 8.60. The third-order valence-electron chi connectivity index (χ3n) is 2.40. The largest absolute Gasteiger partial charge is 0.379 e. The molecule has 1 fully saturated rings. The molecule has 0 unspecified atom stereocenters. The van der Waals surface area contributed by atoms with Gasteiger partial charge >= 0.3 is 0 Å². The number of ether oxygens (including phenoxy) is 1. The molecule has 1 saturated heterocycles. The molecule has 0 N–H and O–H groups in total. The normalized spacial score (nSPS) is 20.5. The average molecular weight is 200 g/mol. The maximum atomic E-state index is 5.27. The third-order valence-corrected chi connectivity index (χ3v) is 4.27. The van der Waals surface area contributed by atoms with Gasteiger partial charge in [0.2, 0.25) is 0 Å². The van der Waals surface area contributed by atoms with Crippen LogP contribution in [-0.2, 0) is 10.2 Å². The Morgan fingerprint density at radius 2 is 2.42 bits per heavy atom. The molecule has 0 atom stereocenters. The van der Waals surface area contributed by atoms with Crippen molar-refractivity contribution in [3.8, 4) is 0 Å². The molecule has 66 valence electrons. The van der Waals surface area contributed by atoms with E-state index in [4.69, 9.17) is 4.74 Å². The first-order chi connectivity index (χ1) is 5.78. The standard InChI is InChI=1S/C9H12OS2/c1-7-2-3-12-8(7)9(6-11)4-10-5-9/h2-3,11H,4-6H2,1H3. The summed E-state index contributed by atoms with van der Waals surface area (Å²) < 4.78 is 5.27. The fourth-order valence-electron chi connectivity index (χ4n) is 1.56. The Labute approximate surface area is 82.2 Å². The molecule has 0 radical (unpaired) electrons. The van der Waals surface area contributed by atoms with Crippen molar-refractivity contribution in [1.82, 2.24) is 0 Å². The van der Waals surface area contributed by atoms with Gasteiger partial charge in [-0.05, 0) is 23.9 Å². The molecular formula is C9H12OS2. The lowest BCUT2D eigenvalue weighted by Gasteiger charge is -2.40. The van der Waals surface area contributed by atoms with E-state index in [1.807, 2.05) is 11.3 Å². The van der Waals surface area contributed by atoms with Crippen LogP contribution in [-0.4, -0.2) is 19.0 Å². The average Bonchev–Trinajstić information content (AvgIpc) is 2.36. The van der Waals surface area contributed by atoms with Crippen molar-refractivity contribution in [2.45, 2.75) is 12.3 Å². The highest BCUT2D eigenvalue weighted by molar-refractivity contribution is 7.80. The molecule has 0 aromatic carbocycles. The number of aryl methyl sites for hydroxylation is 1. The van der Waals surface area contributed by atoms with E-state index >= 15 is 0 Å². The van der Waals surface area contributed by atoms with Crippen LogP contribution in [0.5, 0.6) is 0 Å². The van der Waals surface area contributed by atoms with Gasteiger partial charge in [0.05, 0.1) is 18.6 Å². The van der Waals surface area contributed by atoms with Gasteiger partial charge in [-0.3, -0.25) is 0 Å². The highest BCUT2D eigenvalue weighted by atomic mass is 32.1. The molecule has 1 aliphatic heterocycles. The molecule has 2 rings (SSSR count). The lowest BCUT2D eigenvalue weighted by Crippen LogP contribution is -2.48. The molecule has 0 saturated carbocycles. The van der Waals surface area contributed by atoms with E-state index in [9.17, 15) is 0 Å². The Morgan fingerprint density at radius 1 is 1.67 bits per heavy atom. The van der Waals surface area contributed by atoms with Crippen molar-refractivity contribution in [3.05, 3.63) is 21.9 Å². The lowest BCUT2D eigenvalue weighted by atomic mass is 9.85. The molecule has 0 aliphatic carbocycles. The highest BCUT2D eigenvalue weighted by Crippen LogP contribution is 2.38. The Balaban J connectivity index is 2.33. The van der Waals surface area contributed by atoms with Crippen LogP contribution in [0.1, 0.15) is 10.4 Å². The summed E-state index contributed by atoms with van der Waals surface area (Å²) in [5.41, 5.74) is 1.62. The molecule has 1 aromatic heterocycles. The van der Waals surface area contributed by atoms with Crippen LogP contribution < -0.4 is 0 Å². The fourth-order valence-corrected chi connectivity index (χ4v) is 3.11. The van der Waals surface area contributed by atoms with Crippen molar-refractivity contribution in [2.24, 2.45) is 0 Å². The molecule has 1 aliphatic rings. The summed E-state index contributed by atoms with van der Waals surface area (Å²) in [6.45, 7) is 3.85. The van der Waals surface area contributed by atoms with Crippen LogP contribution >= 0.6 is 24.0 Å². The fraction of sp³-hybridized carbons (Fsp3) is 0.556. The first-order valence-corrected chi connectivity index (χ1v) is 5.53. The van der Waals surface area contributed by atoms with E-state index in [1.54, 1.807) is 0 Å². The molecule has 0 bridgehead atoms. The summed E-state index contributed by atoms with van der Waals surface area (Å²) in [7, 11) is 0. The Bertz CT molecular complexity index is 270. The van der Waals surface area contributed by atoms with Crippen molar-refractivity contribution < 1.29 is 4.74 Å². The lowest BCUT2D eigenvalue weighted by molar-refractivity contribution is -0.0455. The number of thiophene rings is 1. The SMILES string of the molecule is Cc1ccsc1C1(CS)COC1. The topological polar surface area (TPSA) is 9.23 Å². The zero-order valence-corrected chi connectivity index (χ0v) is 8.75. The predicted octanol–water partition coefficient (Wildman–Crippen LogP) is 2.25. The van der Waals surface area contributed by atoms with Crippen LogP contribution in [0.4, 0.5) is 0 Å². The van der Waals surface area contributed by atoms with Crippen molar-refractivity contribution in [2.75, 3.05) is 19.0 Å². The maximum Gasteiger partial charge on any atom is 0.0604 e. The van der Waals surface area contributed by atoms with E-state index in [2.05, 4.69) is 31.0 Å².